The molecule has 168 valence electrons. The first-order valence-corrected chi connectivity index (χ1v) is 10.3. The van der Waals surface area contributed by atoms with Gasteiger partial charge in [0.2, 0.25) is 0 Å². The van der Waals surface area contributed by atoms with Crippen LogP contribution in [0.25, 0.3) is 16.9 Å². The molecule has 33 heavy (non-hydrogen) atoms. The molecular weight excluding hydrogens is 453 g/mol. The van der Waals surface area contributed by atoms with Crippen molar-refractivity contribution in [3.8, 4) is 16.9 Å². The lowest BCUT2D eigenvalue weighted by molar-refractivity contribution is -0.141. The van der Waals surface area contributed by atoms with Crippen molar-refractivity contribution in [1.82, 2.24) is 20.1 Å². The number of aromatic nitrogens is 3. The van der Waals surface area contributed by atoms with Gasteiger partial charge in [0.25, 0.3) is 5.91 Å². The highest BCUT2D eigenvalue weighted by Gasteiger charge is 2.35. The molecule has 0 atom stereocenters. The fourth-order valence-electron chi connectivity index (χ4n) is 3.30. The number of rotatable bonds is 5. The first-order valence-electron chi connectivity index (χ1n) is 9.96. The summed E-state index contributed by atoms with van der Waals surface area (Å²) in [5.74, 6) is -0.319. The molecule has 4 aromatic rings. The first-order chi connectivity index (χ1) is 15.7. The SMILES string of the molecule is Cc1cccc(CNC(=O)c2ccc(-c3cc(C(F)(F)F)nn3-c3ccccc3Cl)cc2)n1. The lowest BCUT2D eigenvalue weighted by atomic mass is 10.1. The molecule has 0 spiro atoms. The maximum absolute atomic E-state index is 13.4. The van der Waals surface area contributed by atoms with Crippen molar-refractivity contribution in [1.29, 1.82) is 0 Å². The summed E-state index contributed by atoms with van der Waals surface area (Å²) in [5, 5.41) is 6.78. The number of nitrogens with one attached hydrogen (secondary N) is 1. The van der Waals surface area contributed by atoms with Gasteiger partial charge in [0.1, 0.15) is 0 Å². The van der Waals surface area contributed by atoms with Crippen LogP contribution in [0.2, 0.25) is 5.02 Å². The monoisotopic (exact) mass is 470 g/mol. The highest BCUT2D eigenvalue weighted by molar-refractivity contribution is 6.32. The predicted molar refractivity (Wildman–Crippen MR) is 119 cm³/mol. The van der Waals surface area contributed by atoms with Gasteiger partial charge in [-0.05, 0) is 49.4 Å². The van der Waals surface area contributed by atoms with E-state index in [4.69, 9.17) is 11.6 Å². The molecular formula is C24H18ClF3N4O. The number of alkyl halides is 3. The molecule has 9 heteroatoms. The first kappa shape index (κ1) is 22.5. The van der Waals surface area contributed by atoms with Gasteiger partial charge in [-0.3, -0.25) is 9.78 Å². The second kappa shape index (κ2) is 9.07. The molecule has 0 saturated heterocycles. The van der Waals surface area contributed by atoms with Crippen molar-refractivity contribution in [3.63, 3.8) is 0 Å². The smallest absolute Gasteiger partial charge is 0.346 e. The highest BCUT2D eigenvalue weighted by Crippen LogP contribution is 2.34. The lowest BCUT2D eigenvalue weighted by Crippen LogP contribution is -2.23. The minimum Gasteiger partial charge on any atom is -0.346 e. The molecule has 0 radical (unpaired) electrons. The summed E-state index contributed by atoms with van der Waals surface area (Å²) in [5.41, 5.74) is 1.87. The van der Waals surface area contributed by atoms with Gasteiger partial charge in [-0.2, -0.15) is 18.3 Å². The van der Waals surface area contributed by atoms with E-state index in [9.17, 15) is 18.0 Å². The fourth-order valence-corrected chi connectivity index (χ4v) is 3.51. The van der Waals surface area contributed by atoms with Crippen LogP contribution in [0.1, 0.15) is 27.4 Å². The molecule has 0 aliphatic rings. The Morgan fingerprint density at radius 2 is 1.76 bits per heavy atom. The normalized spacial score (nSPS) is 11.4. The van der Waals surface area contributed by atoms with Gasteiger partial charge in [-0.25, -0.2) is 4.68 Å². The summed E-state index contributed by atoms with van der Waals surface area (Å²) in [7, 11) is 0. The van der Waals surface area contributed by atoms with Crippen LogP contribution in [-0.2, 0) is 12.7 Å². The molecule has 2 heterocycles. The van der Waals surface area contributed by atoms with Crippen LogP contribution >= 0.6 is 11.6 Å². The quantitative estimate of drug-likeness (QED) is 0.398. The van der Waals surface area contributed by atoms with Gasteiger partial charge in [0.15, 0.2) is 5.69 Å². The van der Waals surface area contributed by atoms with Crippen molar-refractivity contribution < 1.29 is 18.0 Å². The number of carbonyl (C=O) groups excluding carboxylic acids is 1. The lowest BCUT2D eigenvalue weighted by Gasteiger charge is -2.10. The minimum atomic E-state index is -4.62. The van der Waals surface area contributed by atoms with Gasteiger partial charge >= 0.3 is 6.18 Å². The van der Waals surface area contributed by atoms with Crippen molar-refractivity contribution >= 4 is 17.5 Å². The maximum Gasteiger partial charge on any atom is 0.435 e. The van der Waals surface area contributed by atoms with Crippen LogP contribution in [0.15, 0.2) is 72.8 Å². The second-order valence-corrected chi connectivity index (χ2v) is 7.71. The number of pyridine rings is 1. The Balaban J connectivity index is 1.61. The number of para-hydroxylation sites is 1. The number of hydrogen-bond acceptors (Lipinski definition) is 3. The van der Waals surface area contributed by atoms with E-state index in [2.05, 4.69) is 15.4 Å². The van der Waals surface area contributed by atoms with Crippen molar-refractivity contribution in [2.24, 2.45) is 0 Å². The van der Waals surface area contributed by atoms with E-state index >= 15 is 0 Å². The predicted octanol–water partition coefficient (Wildman–Crippen LogP) is 5.84. The third-order valence-electron chi connectivity index (χ3n) is 4.90. The van der Waals surface area contributed by atoms with E-state index in [0.717, 1.165) is 22.1 Å². The number of halogens is 4. The number of carbonyl (C=O) groups is 1. The molecule has 1 N–H and O–H groups in total. The van der Waals surface area contributed by atoms with Gasteiger partial charge in [0.05, 0.1) is 28.6 Å². The van der Waals surface area contributed by atoms with Crippen LogP contribution in [-0.4, -0.2) is 20.7 Å². The van der Waals surface area contributed by atoms with E-state index in [0.29, 0.717) is 16.8 Å². The number of benzene rings is 2. The van der Waals surface area contributed by atoms with E-state index in [1.807, 2.05) is 25.1 Å². The summed E-state index contributed by atoms with van der Waals surface area (Å²) in [4.78, 5) is 16.8. The molecule has 0 aliphatic heterocycles. The van der Waals surface area contributed by atoms with Crippen molar-refractivity contribution in [3.05, 3.63) is 100 Å². The van der Waals surface area contributed by atoms with Crippen LogP contribution in [0.4, 0.5) is 13.2 Å². The van der Waals surface area contributed by atoms with E-state index < -0.39 is 11.9 Å². The summed E-state index contributed by atoms with van der Waals surface area (Å²) in [6.45, 7) is 2.12. The summed E-state index contributed by atoms with van der Waals surface area (Å²) in [6, 6.07) is 19.2. The molecule has 1 amide bonds. The van der Waals surface area contributed by atoms with Crippen LogP contribution in [0.5, 0.6) is 0 Å². The molecule has 2 aromatic heterocycles. The maximum atomic E-state index is 13.4. The molecule has 0 bridgehead atoms. The van der Waals surface area contributed by atoms with E-state index in [1.165, 1.54) is 0 Å². The zero-order valence-corrected chi connectivity index (χ0v) is 18.2. The Labute approximate surface area is 192 Å². The van der Waals surface area contributed by atoms with Gasteiger partial charge in [-0.1, -0.05) is 41.9 Å². The van der Waals surface area contributed by atoms with E-state index in [1.54, 1.807) is 48.5 Å². The second-order valence-electron chi connectivity index (χ2n) is 7.31. The Bertz CT molecular complexity index is 1300. The number of hydrogen-bond donors (Lipinski definition) is 1. The molecule has 5 nitrogen and oxygen atoms in total. The molecule has 0 unspecified atom stereocenters. The molecule has 2 aromatic carbocycles. The third-order valence-corrected chi connectivity index (χ3v) is 5.22. The number of nitrogens with zero attached hydrogens (tertiary/aromatic N) is 3. The Hall–Kier alpha value is -3.65. The summed E-state index contributed by atoms with van der Waals surface area (Å²) in [6.07, 6.45) is -4.62. The summed E-state index contributed by atoms with van der Waals surface area (Å²) >= 11 is 6.20. The van der Waals surface area contributed by atoms with Crippen LogP contribution in [0.3, 0.4) is 0 Å². The Morgan fingerprint density at radius 1 is 1.03 bits per heavy atom. The summed E-state index contributed by atoms with van der Waals surface area (Å²) < 4.78 is 41.3. The molecule has 4 rings (SSSR count). The van der Waals surface area contributed by atoms with Gasteiger partial charge in [-0.15, -0.1) is 0 Å². The average Bonchev–Trinajstić information content (AvgIpc) is 3.24. The molecule has 0 fully saturated rings. The fraction of sp³-hybridized carbons (Fsp3) is 0.125. The van der Waals surface area contributed by atoms with E-state index in [-0.39, 0.29) is 23.2 Å². The molecule has 0 saturated carbocycles. The van der Waals surface area contributed by atoms with Gasteiger partial charge in [0, 0.05) is 16.8 Å². The van der Waals surface area contributed by atoms with Crippen LogP contribution < -0.4 is 5.32 Å². The number of aryl methyl sites for hydroxylation is 1. The topological polar surface area (TPSA) is 59.8 Å². The van der Waals surface area contributed by atoms with Crippen molar-refractivity contribution in [2.75, 3.05) is 0 Å². The zero-order chi connectivity index (χ0) is 23.6. The minimum absolute atomic E-state index is 0.200. The standard InChI is InChI=1S/C24H18ClF3N4O/c1-15-5-4-6-18(30-15)14-29-23(33)17-11-9-16(10-12-17)21-13-22(24(26,27)28)31-32(21)20-8-3-2-7-19(20)25/h2-13H,14H2,1H3,(H,29,33). The molecule has 0 aliphatic carbocycles. The zero-order valence-electron chi connectivity index (χ0n) is 17.4. The van der Waals surface area contributed by atoms with Crippen LogP contribution in [0, 0.1) is 6.92 Å². The Kier molecular flexibility index (Phi) is 6.20. The average molecular weight is 471 g/mol. The largest absolute Gasteiger partial charge is 0.435 e. The van der Waals surface area contributed by atoms with Crippen molar-refractivity contribution in [2.45, 2.75) is 19.6 Å². The van der Waals surface area contributed by atoms with Gasteiger partial charge < -0.3 is 5.32 Å². The highest BCUT2D eigenvalue weighted by atomic mass is 35.5. The Morgan fingerprint density at radius 3 is 2.42 bits per heavy atom. The number of amides is 1. The third kappa shape index (κ3) is 5.06.